The van der Waals surface area contributed by atoms with E-state index in [1.165, 1.54) is 0 Å². The van der Waals surface area contributed by atoms with Crippen molar-refractivity contribution in [3.05, 3.63) is 0 Å². The molecule has 0 aromatic heterocycles. The molecule has 21 heavy (non-hydrogen) atoms. The number of aliphatic hydroxyl groups is 2. The van der Waals surface area contributed by atoms with Gasteiger partial charge in [0.1, 0.15) is 0 Å². The molecule has 9 heteroatoms. The second-order valence-corrected chi connectivity index (χ2v) is 9.52. The maximum Gasteiger partial charge on any atom is 0.152 e. The van der Waals surface area contributed by atoms with Gasteiger partial charge in [0, 0.05) is 0 Å². The Morgan fingerprint density at radius 3 is 1.33 bits per heavy atom. The fraction of sp³-hybridized carbons (Fsp3) is 1.00. The number of unbranched alkanes of at least 4 members (excludes halogenated alkanes) is 2. The first-order valence-electron chi connectivity index (χ1n) is 7.16. The predicted octanol–water partition coefficient (Wildman–Crippen LogP) is -1.05. The summed E-state index contributed by atoms with van der Waals surface area (Å²) in [6, 6.07) is 0. The number of nitrogens with one attached hydrogen (secondary N) is 1. The Kier molecular flexibility index (Phi) is 11.2. The number of rotatable bonds is 14. The van der Waals surface area contributed by atoms with E-state index in [2.05, 4.69) is 5.32 Å². The molecule has 0 saturated carbocycles. The topological polar surface area (TPSA) is 121 Å². The molecular formula is C12H27NO6S2. The first-order chi connectivity index (χ1) is 9.83. The minimum atomic E-state index is -3.12. The lowest BCUT2D eigenvalue weighted by molar-refractivity contribution is 0.319. The van der Waals surface area contributed by atoms with Crippen LogP contribution < -0.4 is 5.32 Å². The molecule has 128 valence electrons. The number of sulfone groups is 2. The first-order valence-corrected chi connectivity index (χ1v) is 10.8. The van der Waals surface area contributed by atoms with Crippen molar-refractivity contribution in [2.45, 2.75) is 25.7 Å². The first kappa shape index (κ1) is 20.8. The van der Waals surface area contributed by atoms with Gasteiger partial charge in [-0.2, -0.15) is 0 Å². The Morgan fingerprint density at radius 2 is 1.00 bits per heavy atom. The third-order valence-corrected chi connectivity index (χ3v) is 6.35. The van der Waals surface area contributed by atoms with Gasteiger partial charge in [0.25, 0.3) is 0 Å². The highest BCUT2D eigenvalue weighted by atomic mass is 32.2. The Morgan fingerprint density at radius 1 is 0.619 bits per heavy atom. The lowest BCUT2D eigenvalue weighted by atomic mass is 10.3. The Bertz CT molecular complexity index is 404. The smallest absolute Gasteiger partial charge is 0.152 e. The molecule has 0 saturated heterocycles. The Labute approximate surface area is 127 Å². The molecular weight excluding hydrogens is 318 g/mol. The van der Waals surface area contributed by atoms with E-state index in [9.17, 15) is 16.8 Å². The molecule has 0 aliphatic heterocycles. The van der Waals surface area contributed by atoms with Crippen LogP contribution in [0.15, 0.2) is 0 Å². The minimum Gasteiger partial charge on any atom is -0.395 e. The molecule has 0 aliphatic rings. The summed E-state index contributed by atoms with van der Waals surface area (Å²) in [5.41, 5.74) is 0. The molecule has 0 radical (unpaired) electrons. The van der Waals surface area contributed by atoms with E-state index in [-0.39, 0.29) is 36.2 Å². The maximum absolute atomic E-state index is 11.3. The molecule has 0 heterocycles. The van der Waals surface area contributed by atoms with Crippen molar-refractivity contribution in [2.75, 3.05) is 49.3 Å². The lowest BCUT2D eigenvalue weighted by Gasteiger charge is -2.06. The molecule has 0 bridgehead atoms. The average molecular weight is 345 g/mol. The number of hydrogen-bond donors (Lipinski definition) is 3. The van der Waals surface area contributed by atoms with Crippen LogP contribution in [0.2, 0.25) is 0 Å². The zero-order chi connectivity index (χ0) is 16.2. The minimum absolute atomic E-state index is 0.0919. The Balaban J connectivity index is 3.46. The van der Waals surface area contributed by atoms with Crippen molar-refractivity contribution in [1.29, 1.82) is 0 Å². The van der Waals surface area contributed by atoms with Crippen LogP contribution in [0.25, 0.3) is 0 Å². The number of aliphatic hydroxyl groups excluding tert-OH is 2. The molecule has 0 spiro atoms. The van der Waals surface area contributed by atoms with Gasteiger partial charge in [-0.3, -0.25) is 0 Å². The van der Waals surface area contributed by atoms with Gasteiger partial charge in [0.05, 0.1) is 36.2 Å². The van der Waals surface area contributed by atoms with Gasteiger partial charge in [0.2, 0.25) is 0 Å². The van der Waals surface area contributed by atoms with Crippen molar-refractivity contribution in [2.24, 2.45) is 0 Å². The molecule has 0 unspecified atom stereocenters. The van der Waals surface area contributed by atoms with Crippen LogP contribution >= 0.6 is 0 Å². The van der Waals surface area contributed by atoms with Crippen molar-refractivity contribution in [3.8, 4) is 0 Å². The molecule has 0 amide bonds. The van der Waals surface area contributed by atoms with E-state index in [0.717, 1.165) is 12.8 Å². The van der Waals surface area contributed by atoms with Crippen LogP contribution in [-0.4, -0.2) is 76.4 Å². The van der Waals surface area contributed by atoms with Gasteiger partial charge in [-0.15, -0.1) is 0 Å². The summed E-state index contributed by atoms with van der Waals surface area (Å²) in [6.07, 6.45) is 2.57. The quantitative estimate of drug-likeness (QED) is 0.344. The zero-order valence-electron chi connectivity index (χ0n) is 12.3. The van der Waals surface area contributed by atoms with Crippen LogP contribution in [0.3, 0.4) is 0 Å². The molecule has 0 fully saturated rings. The molecule has 0 aromatic carbocycles. The van der Waals surface area contributed by atoms with Crippen molar-refractivity contribution < 1.29 is 27.0 Å². The molecule has 0 aliphatic carbocycles. The SMILES string of the molecule is O=S(=O)(CCO)CCCCNCCCCS(=O)(=O)CCO. The summed E-state index contributed by atoms with van der Waals surface area (Å²) in [5.74, 6) is -0.172. The van der Waals surface area contributed by atoms with Gasteiger partial charge < -0.3 is 15.5 Å². The highest BCUT2D eigenvalue weighted by Gasteiger charge is 2.09. The molecule has 0 aromatic rings. The molecule has 7 nitrogen and oxygen atoms in total. The average Bonchev–Trinajstić information content (AvgIpc) is 2.36. The maximum atomic E-state index is 11.3. The van der Waals surface area contributed by atoms with Crippen LogP contribution in [0.4, 0.5) is 0 Å². The van der Waals surface area contributed by atoms with Gasteiger partial charge in [-0.05, 0) is 38.8 Å². The summed E-state index contributed by atoms with van der Waals surface area (Å²) < 4.78 is 45.2. The van der Waals surface area contributed by atoms with Crippen molar-refractivity contribution in [3.63, 3.8) is 0 Å². The normalized spacial score (nSPS) is 12.7. The largest absolute Gasteiger partial charge is 0.395 e. The standard InChI is InChI=1S/C12H27NO6S2/c14-7-11-20(16,17)9-3-1-5-13-6-2-4-10-21(18,19)12-8-15/h13-15H,1-12H2. The molecule has 0 rings (SSSR count). The highest BCUT2D eigenvalue weighted by molar-refractivity contribution is 7.91. The fourth-order valence-electron chi connectivity index (χ4n) is 1.75. The van der Waals surface area contributed by atoms with Crippen molar-refractivity contribution in [1.82, 2.24) is 5.32 Å². The summed E-state index contributed by atoms with van der Waals surface area (Å²) in [6.45, 7) is 0.718. The summed E-state index contributed by atoms with van der Waals surface area (Å²) in [7, 11) is -6.24. The van der Waals surface area contributed by atoms with Crippen molar-refractivity contribution >= 4 is 19.7 Å². The lowest BCUT2D eigenvalue weighted by Crippen LogP contribution is -2.20. The highest BCUT2D eigenvalue weighted by Crippen LogP contribution is 1.98. The van der Waals surface area contributed by atoms with Crippen LogP contribution in [0.1, 0.15) is 25.7 Å². The van der Waals surface area contributed by atoms with E-state index in [0.29, 0.717) is 25.9 Å². The number of hydrogen-bond acceptors (Lipinski definition) is 7. The zero-order valence-corrected chi connectivity index (χ0v) is 14.0. The molecule has 0 atom stereocenters. The second kappa shape index (κ2) is 11.4. The summed E-state index contributed by atoms with van der Waals surface area (Å²) in [4.78, 5) is 0. The van der Waals surface area contributed by atoms with Crippen LogP contribution in [0, 0.1) is 0 Å². The van der Waals surface area contributed by atoms with Gasteiger partial charge >= 0.3 is 0 Å². The van der Waals surface area contributed by atoms with Crippen LogP contribution in [0.5, 0.6) is 0 Å². The Hall–Kier alpha value is -0.220. The van der Waals surface area contributed by atoms with Gasteiger partial charge in [0.15, 0.2) is 19.7 Å². The fourth-order valence-corrected chi connectivity index (χ4v) is 4.00. The summed E-state index contributed by atoms with van der Waals surface area (Å²) in [5, 5.41) is 20.3. The van der Waals surface area contributed by atoms with Gasteiger partial charge in [-0.25, -0.2) is 16.8 Å². The van der Waals surface area contributed by atoms with E-state index < -0.39 is 19.7 Å². The van der Waals surface area contributed by atoms with Gasteiger partial charge in [-0.1, -0.05) is 0 Å². The van der Waals surface area contributed by atoms with E-state index in [1.54, 1.807) is 0 Å². The monoisotopic (exact) mass is 345 g/mol. The van der Waals surface area contributed by atoms with Crippen LogP contribution in [-0.2, 0) is 19.7 Å². The second-order valence-electron chi connectivity index (χ2n) is 4.92. The third kappa shape index (κ3) is 13.2. The van der Waals surface area contributed by atoms with E-state index in [4.69, 9.17) is 10.2 Å². The molecule has 3 N–H and O–H groups in total. The third-order valence-electron chi connectivity index (χ3n) is 2.92. The van der Waals surface area contributed by atoms with E-state index in [1.807, 2.05) is 0 Å². The summed E-state index contributed by atoms with van der Waals surface area (Å²) >= 11 is 0. The van der Waals surface area contributed by atoms with E-state index >= 15 is 0 Å². The predicted molar refractivity (Wildman–Crippen MR) is 82.8 cm³/mol.